The average Bonchev–Trinajstić information content (AvgIpc) is 2.86. The van der Waals surface area contributed by atoms with Crippen molar-refractivity contribution in [3.05, 3.63) is 0 Å². The minimum atomic E-state index is -0.191. The smallest absolute Gasteiger partial charge is 0.164 e. The van der Waals surface area contributed by atoms with Crippen molar-refractivity contribution in [3.63, 3.8) is 0 Å². The van der Waals surface area contributed by atoms with Crippen LogP contribution in [0.15, 0.2) is 0 Å². The second-order valence-electron chi connectivity index (χ2n) is 5.66. The zero-order valence-electron chi connectivity index (χ0n) is 12.2. The predicted molar refractivity (Wildman–Crippen MR) is 78.7 cm³/mol. The Kier molecular flexibility index (Phi) is 5.72. The molecule has 2 saturated heterocycles. The van der Waals surface area contributed by atoms with Gasteiger partial charge < -0.3 is 9.47 Å². The van der Waals surface area contributed by atoms with E-state index in [1.807, 2.05) is 18.7 Å². The molecule has 0 aromatic carbocycles. The van der Waals surface area contributed by atoms with Gasteiger partial charge in [0.25, 0.3) is 0 Å². The SMILES string of the molecule is CCCC(OCC)C(=O)C1CCOC2(CCSC2)C1. The van der Waals surface area contributed by atoms with Crippen LogP contribution >= 0.6 is 11.8 Å². The molecule has 0 saturated carbocycles. The number of ketones is 1. The van der Waals surface area contributed by atoms with Gasteiger partial charge in [-0.25, -0.2) is 0 Å². The summed E-state index contributed by atoms with van der Waals surface area (Å²) in [6.45, 7) is 5.44. The summed E-state index contributed by atoms with van der Waals surface area (Å²) in [7, 11) is 0. The van der Waals surface area contributed by atoms with Gasteiger partial charge in [0.1, 0.15) is 6.10 Å². The molecule has 2 aliphatic heterocycles. The molecule has 2 rings (SSSR count). The average molecular weight is 286 g/mol. The van der Waals surface area contributed by atoms with Gasteiger partial charge in [-0.05, 0) is 38.4 Å². The van der Waals surface area contributed by atoms with Crippen molar-refractivity contribution >= 4 is 17.5 Å². The molecule has 3 unspecified atom stereocenters. The van der Waals surface area contributed by atoms with Gasteiger partial charge in [-0.15, -0.1) is 0 Å². The van der Waals surface area contributed by atoms with Crippen LogP contribution in [-0.4, -0.2) is 42.2 Å². The Hall–Kier alpha value is -0.0600. The topological polar surface area (TPSA) is 35.5 Å². The third kappa shape index (κ3) is 3.73. The van der Waals surface area contributed by atoms with Gasteiger partial charge in [0, 0.05) is 24.9 Å². The maximum Gasteiger partial charge on any atom is 0.164 e. The molecular formula is C15H26O3S. The fraction of sp³-hybridized carbons (Fsp3) is 0.933. The van der Waals surface area contributed by atoms with E-state index >= 15 is 0 Å². The van der Waals surface area contributed by atoms with Gasteiger partial charge in [0.05, 0.1) is 5.60 Å². The number of hydrogen-bond donors (Lipinski definition) is 0. The molecule has 110 valence electrons. The largest absolute Gasteiger partial charge is 0.374 e. The number of rotatable bonds is 6. The van der Waals surface area contributed by atoms with Gasteiger partial charge in [-0.3, -0.25) is 4.79 Å². The standard InChI is InChI=1S/C15H26O3S/c1-3-5-13(17-4-2)14(16)12-6-8-18-15(10-12)7-9-19-11-15/h12-13H,3-11H2,1-2H3. The highest BCUT2D eigenvalue weighted by atomic mass is 32.2. The molecular weight excluding hydrogens is 260 g/mol. The van der Waals surface area contributed by atoms with Crippen molar-refractivity contribution in [2.45, 2.75) is 57.7 Å². The van der Waals surface area contributed by atoms with Crippen molar-refractivity contribution in [3.8, 4) is 0 Å². The van der Waals surface area contributed by atoms with E-state index in [1.54, 1.807) is 0 Å². The summed E-state index contributed by atoms with van der Waals surface area (Å²) in [5.41, 5.74) is -0.00772. The Morgan fingerprint density at radius 3 is 3.00 bits per heavy atom. The van der Waals surface area contributed by atoms with E-state index in [0.29, 0.717) is 12.4 Å². The molecule has 0 aliphatic carbocycles. The van der Waals surface area contributed by atoms with Gasteiger partial charge >= 0.3 is 0 Å². The minimum Gasteiger partial charge on any atom is -0.374 e. The van der Waals surface area contributed by atoms with Crippen LogP contribution in [0.4, 0.5) is 0 Å². The molecule has 2 heterocycles. The Morgan fingerprint density at radius 1 is 1.53 bits per heavy atom. The molecule has 4 heteroatoms. The van der Waals surface area contributed by atoms with Gasteiger partial charge in [0.15, 0.2) is 5.78 Å². The van der Waals surface area contributed by atoms with E-state index in [0.717, 1.165) is 44.5 Å². The maximum absolute atomic E-state index is 12.6. The van der Waals surface area contributed by atoms with Gasteiger partial charge in [0.2, 0.25) is 0 Å². The van der Waals surface area contributed by atoms with E-state index in [1.165, 1.54) is 5.75 Å². The predicted octanol–water partition coefficient (Wildman–Crippen LogP) is 3.06. The number of thioether (sulfide) groups is 1. The molecule has 2 aliphatic rings. The molecule has 19 heavy (non-hydrogen) atoms. The van der Waals surface area contributed by atoms with Crippen LogP contribution in [0, 0.1) is 5.92 Å². The highest BCUT2D eigenvalue weighted by molar-refractivity contribution is 7.99. The third-order valence-corrected chi connectivity index (χ3v) is 5.42. The zero-order chi connectivity index (χ0) is 13.7. The number of carbonyl (C=O) groups is 1. The quantitative estimate of drug-likeness (QED) is 0.752. The van der Waals surface area contributed by atoms with Crippen LogP contribution in [0.5, 0.6) is 0 Å². The molecule has 3 nitrogen and oxygen atoms in total. The molecule has 0 radical (unpaired) electrons. The Bertz CT molecular complexity index is 294. The van der Waals surface area contributed by atoms with Gasteiger partial charge in [-0.1, -0.05) is 13.3 Å². The van der Waals surface area contributed by atoms with Crippen molar-refractivity contribution in [1.82, 2.24) is 0 Å². The lowest BCUT2D eigenvalue weighted by Gasteiger charge is -2.38. The molecule has 0 amide bonds. The number of ether oxygens (including phenoxy) is 2. The molecule has 1 spiro atoms. The van der Waals surface area contributed by atoms with E-state index in [9.17, 15) is 4.79 Å². The second kappa shape index (κ2) is 7.09. The van der Waals surface area contributed by atoms with Crippen LogP contribution in [-0.2, 0) is 14.3 Å². The summed E-state index contributed by atoms with van der Waals surface area (Å²) in [6.07, 6.45) is 4.55. The van der Waals surface area contributed by atoms with Crippen molar-refractivity contribution < 1.29 is 14.3 Å². The van der Waals surface area contributed by atoms with Crippen LogP contribution in [0.1, 0.15) is 46.0 Å². The highest BCUT2D eigenvalue weighted by Crippen LogP contribution is 2.41. The van der Waals surface area contributed by atoms with Crippen molar-refractivity contribution in [2.24, 2.45) is 5.92 Å². The first kappa shape index (κ1) is 15.3. The first-order valence-electron chi connectivity index (χ1n) is 7.58. The fourth-order valence-electron chi connectivity index (χ4n) is 3.17. The van der Waals surface area contributed by atoms with Crippen LogP contribution < -0.4 is 0 Å². The van der Waals surface area contributed by atoms with Crippen LogP contribution in [0.2, 0.25) is 0 Å². The molecule has 0 bridgehead atoms. The molecule has 0 N–H and O–H groups in total. The first-order chi connectivity index (χ1) is 9.21. The minimum absolute atomic E-state index is 0.00772. The third-order valence-electron chi connectivity index (χ3n) is 4.20. The summed E-state index contributed by atoms with van der Waals surface area (Å²) >= 11 is 1.95. The molecule has 0 aromatic heterocycles. The number of carbonyl (C=O) groups excluding carboxylic acids is 1. The fourth-order valence-corrected chi connectivity index (χ4v) is 4.55. The summed E-state index contributed by atoms with van der Waals surface area (Å²) in [5.74, 6) is 2.70. The lowest BCUT2D eigenvalue weighted by molar-refractivity contribution is -0.145. The van der Waals surface area contributed by atoms with E-state index in [2.05, 4.69) is 6.92 Å². The van der Waals surface area contributed by atoms with Crippen LogP contribution in [0.25, 0.3) is 0 Å². The summed E-state index contributed by atoms with van der Waals surface area (Å²) in [5, 5.41) is 0. The Labute approximate surface area is 120 Å². The highest BCUT2D eigenvalue weighted by Gasteiger charge is 2.43. The first-order valence-corrected chi connectivity index (χ1v) is 8.73. The lowest BCUT2D eigenvalue weighted by Crippen LogP contribution is -2.44. The van der Waals surface area contributed by atoms with Crippen molar-refractivity contribution in [2.75, 3.05) is 24.7 Å². The summed E-state index contributed by atoms with van der Waals surface area (Å²) < 4.78 is 11.6. The molecule has 0 aromatic rings. The normalized spacial score (nSPS) is 32.6. The Morgan fingerprint density at radius 2 is 2.37 bits per heavy atom. The molecule has 3 atom stereocenters. The lowest BCUT2D eigenvalue weighted by atomic mass is 9.81. The van der Waals surface area contributed by atoms with Gasteiger partial charge in [-0.2, -0.15) is 11.8 Å². The Balaban J connectivity index is 1.97. The number of hydrogen-bond acceptors (Lipinski definition) is 4. The monoisotopic (exact) mass is 286 g/mol. The van der Waals surface area contributed by atoms with E-state index in [-0.39, 0.29) is 17.6 Å². The maximum atomic E-state index is 12.6. The van der Waals surface area contributed by atoms with Crippen LogP contribution in [0.3, 0.4) is 0 Å². The van der Waals surface area contributed by atoms with E-state index in [4.69, 9.17) is 9.47 Å². The summed E-state index contributed by atoms with van der Waals surface area (Å²) in [6, 6.07) is 0. The second-order valence-corrected chi connectivity index (χ2v) is 6.76. The van der Waals surface area contributed by atoms with E-state index < -0.39 is 0 Å². The number of Topliss-reactive ketones (excluding diaryl/α,β-unsaturated/α-hetero) is 1. The summed E-state index contributed by atoms with van der Waals surface area (Å²) in [4.78, 5) is 12.6. The molecule has 2 fully saturated rings. The van der Waals surface area contributed by atoms with Crippen molar-refractivity contribution in [1.29, 1.82) is 0 Å². The zero-order valence-corrected chi connectivity index (χ0v) is 13.0.